The molecule has 3 rings (SSSR count). The highest BCUT2D eigenvalue weighted by molar-refractivity contribution is 7.89. The smallest absolute Gasteiger partial charge is 0.244 e. The molecule has 0 aromatic carbocycles. The van der Waals surface area contributed by atoms with Gasteiger partial charge in [-0.2, -0.15) is 4.31 Å². The molecule has 1 N–H and O–H groups in total. The van der Waals surface area contributed by atoms with E-state index in [1.54, 1.807) is 15.6 Å². The average molecular weight is 329 g/mol. The highest BCUT2D eigenvalue weighted by Gasteiger charge is 2.36. The standard InChI is InChI=1S/C14H23N3O2S2/c1-11-9-14(12(2)20-11)21(18,19)17-6-3-13(10-17)16-7-4-15-5-8-16/h9,13,15H,3-8,10H2,1-2H3. The van der Waals surface area contributed by atoms with Crippen LogP contribution in [0, 0.1) is 13.8 Å². The zero-order valence-electron chi connectivity index (χ0n) is 12.6. The Bertz CT molecular complexity index is 606. The third-order valence-corrected chi connectivity index (χ3v) is 7.49. The van der Waals surface area contributed by atoms with Gasteiger partial charge in [-0.05, 0) is 26.3 Å². The number of nitrogens with one attached hydrogen (secondary N) is 1. The Labute approximate surface area is 131 Å². The highest BCUT2D eigenvalue weighted by atomic mass is 32.2. The number of aryl methyl sites for hydroxylation is 2. The summed E-state index contributed by atoms with van der Waals surface area (Å²) in [5, 5.41) is 3.34. The van der Waals surface area contributed by atoms with Crippen LogP contribution in [0.2, 0.25) is 0 Å². The van der Waals surface area contributed by atoms with E-state index in [4.69, 9.17) is 0 Å². The van der Waals surface area contributed by atoms with Gasteiger partial charge >= 0.3 is 0 Å². The number of sulfonamides is 1. The predicted molar refractivity (Wildman–Crippen MR) is 85.4 cm³/mol. The summed E-state index contributed by atoms with van der Waals surface area (Å²) < 4.78 is 27.3. The zero-order valence-corrected chi connectivity index (χ0v) is 14.3. The lowest BCUT2D eigenvalue weighted by atomic mass is 10.2. The summed E-state index contributed by atoms with van der Waals surface area (Å²) in [4.78, 5) is 4.89. The van der Waals surface area contributed by atoms with E-state index in [0.29, 0.717) is 24.0 Å². The summed E-state index contributed by atoms with van der Waals surface area (Å²) in [5.74, 6) is 0. The minimum Gasteiger partial charge on any atom is -0.314 e. The molecule has 2 aliphatic heterocycles. The van der Waals surface area contributed by atoms with Gasteiger partial charge in [0.25, 0.3) is 0 Å². The van der Waals surface area contributed by atoms with E-state index in [2.05, 4.69) is 10.2 Å². The Morgan fingerprint density at radius 2 is 1.95 bits per heavy atom. The van der Waals surface area contributed by atoms with Crippen LogP contribution in [-0.4, -0.2) is 62.9 Å². The van der Waals surface area contributed by atoms with Gasteiger partial charge in [-0.1, -0.05) is 0 Å². The van der Waals surface area contributed by atoms with Gasteiger partial charge in [-0.15, -0.1) is 11.3 Å². The maximum atomic E-state index is 12.8. The van der Waals surface area contributed by atoms with Crippen molar-refractivity contribution in [3.8, 4) is 0 Å². The number of nitrogens with zero attached hydrogens (tertiary/aromatic N) is 2. The van der Waals surface area contributed by atoms with Crippen molar-refractivity contribution in [2.24, 2.45) is 0 Å². The number of piperazine rings is 1. The van der Waals surface area contributed by atoms with E-state index < -0.39 is 10.0 Å². The van der Waals surface area contributed by atoms with Gasteiger partial charge in [0, 0.05) is 55.1 Å². The highest BCUT2D eigenvalue weighted by Crippen LogP contribution is 2.30. The van der Waals surface area contributed by atoms with E-state index in [9.17, 15) is 8.42 Å². The first-order chi connectivity index (χ1) is 9.98. The summed E-state index contributed by atoms with van der Waals surface area (Å²) in [5.41, 5.74) is 0. The molecule has 1 aromatic rings. The van der Waals surface area contributed by atoms with Gasteiger partial charge in [0.15, 0.2) is 0 Å². The minimum atomic E-state index is -3.32. The van der Waals surface area contributed by atoms with Crippen LogP contribution >= 0.6 is 11.3 Å². The van der Waals surface area contributed by atoms with E-state index in [0.717, 1.165) is 42.4 Å². The van der Waals surface area contributed by atoms with E-state index in [1.807, 2.05) is 19.9 Å². The molecule has 3 heterocycles. The third-order valence-electron chi connectivity index (χ3n) is 4.41. The monoisotopic (exact) mass is 329 g/mol. The fraction of sp³-hybridized carbons (Fsp3) is 0.714. The van der Waals surface area contributed by atoms with Crippen LogP contribution in [-0.2, 0) is 10.0 Å². The summed E-state index contributed by atoms with van der Waals surface area (Å²) >= 11 is 1.56. The molecule has 0 spiro atoms. The SMILES string of the molecule is Cc1cc(S(=O)(=O)N2CCC(N3CCNCC3)C2)c(C)s1. The lowest BCUT2D eigenvalue weighted by Crippen LogP contribution is -2.49. The van der Waals surface area contributed by atoms with Crippen molar-refractivity contribution in [2.75, 3.05) is 39.3 Å². The molecular formula is C14H23N3O2S2. The van der Waals surface area contributed by atoms with Crippen LogP contribution in [0.4, 0.5) is 0 Å². The molecular weight excluding hydrogens is 306 g/mol. The van der Waals surface area contributed by atoms with E-state index in [1.165, 1.54) is 0 Å². The second-order valence-corrected chi connectivity index (χ2v) is 9.24. The fourth-order valence-electron chi connectivity index (χ4n) is 3.28. The van der Waals surface area contributed by atoms with Crippen molar-refractivity contribution in [3.05, 3.63) is 15.8 Å². The molecule has 0 bridgehead atoms. The number of rotatable bonds is 3. The molecule has 2 fully saturated rings. The first-order valence-electron chi connectivity index (χ1n) is 7.50. The largest absolute Gasteiger partial charge is 0.314 e. The van der Waals surface area contributed by atoms with Gasteiger partial charge in [0.2, 0.25) is 10.0 Å². The van der Waals surface area contributed by atoms with E-state index >= 15 is 0 Å². The Balaban J connectivity index is 1.74. The van der Waals surface area contributed by atoms with Gasteiger partial charge in [-0.25, -0.2) is 8.42 Å². The summed E-state index contributed by atoms with van der Waals surface area (Å²) in [6.07, 6.45) is 0.946. The predicted octanol–water partition coefficient (Wildman–Crippen LogP) is 1.03. The minimum absolute atomic E-state index is 0.377. The van der Waals surface area contributed by atoms with Gasteiger partial charge in [-0.3, -0.25) is 4.90 Å². The molecule has 0 aliphatic carbocycles. The van der Waals surface area contributed by atoms with Crippen molar-refractivity contribution in [2.45, 2.75) is 31.2 Å². The summed E-state index contributed by atoms with van der Waals surface area (Å²) in [6.45, 7) is 9.20. The molecule has 0 amide bonds. The average Bonchev–Trinajstić information content (AvgIpc) is 3.07. The molecule has 0 radical (unpaired) electrons. The number of hydrogen-bond acceptors (Lipinski definition) is 5. The van der Waals surface area contributed by atoms with Crippen molar-refractivity contribution < 1.29 is 8.42 Å². The third kappa shape index (κ3) is 3.03. The molecule has 21 heavy (non-hydrogen) atoms. The first kappa shape index (κ1) is 15.4. The Kier molecular flexibility index (Phi) is 4.38. The topological polar surface area (TPSA) is 52.7 Å². The normalized spacial score (nSPS) is 25.5. The van der Waals surface area contributed by atoms with Gasteiger partial charge in [0.05, 0.1) is 4.90 Å². The molecule has 0 saturated carbocycles. The van der Waals surface area contributed by atoms with Crippen LogP contribution < -0.4 is 5.32 Å². The van der Waals surface area contributed by atoms with Crippen molar-refractivity contribution >= 4 is 21.4 Å². The van der Waals surface area contributed by atoms with Gasteiger partial charge in [0.1, 0.15) is 0 Å². The molecule has 5 nitrogen and oxygen atoms in total. The molecule has 1 aromatic heterocycles. The molecule has 1 unspecified atom stereocenters. The first-order valence-corrected chi connectivity index (χ1v) is 9.76. The number of thiophene rings is 1. The van der Waals surface area contributed by atoms with Crippen LogP contribution in [0.15, 0.2) is 11.0 Å². The van der Waals surface area contributed by atoms with Crippen LogP contribution in [0.5, 0.6) is 0 Å². The van der Waals surface area contributed by atoms with Crippen LogP contribution in [0.3, 0.4) is 0 Å². The summed E-state index contributed by atoms with van der Waals surface area (Å²) in [6, 6.07) is 2.19. The van der Waals surface area contributed by atoms with Crippen LogP contribution in [0.1, 0.15) is 16.2 Å². The van der Waals surface area contributed by atoms with E-state index in [-0.39, 0.29) is 0 Å². The molecule has 7 heteroatoms. The molecule has 1 atom stereocenters. The maximum Gasteiger partial charge on any atom is 0.244 e. The van der Waals surface area contributed by atoms with Crippen LogP contribution in [0.25, 0.3) is 0 Å². The van der Waals surface area contributed by atoms with Gasteiger partial charge < -0.3 is 5.32 Å². The molecule has 2 saturated heterocycles. The number of hydrogen-bond donors (Lipinski definition) is 1. The Hall–Kier alpha value is -0.470. The Morgan fingerprint density at radius 3 is 2.57 bits per heavy atom. The van der Waals surface area contributed by atoms with Crippen molar-refractivity contribution in [3.63, 3.8) is 0 Å². The van der Waals surface area contributed by atoms with Crippen molar-refractivity contribution in [1.29, 1.82) is 0 Å². The second-order valence-electron chi connectivity index (χ2n) is 5.87. The quantitative estimate of drug-likeness (QED) is 0.900. The summed E-state index contributed by atoms with van der Waals surface area (Å²) in [7, 11) is -3.32. The fourth-order valence-corrected chi connectivity index (χ4v) is 6.29. The second kappa shape index (κ2) is 5.96. The van der Waals surface area contributed by atoms with Crippen molar-refractivity contribution in [1.82, 2.24) is 14.5 Å². The maximum absolute atomic E-state index is 12.8. The zero-order chi connectivity index (χ0) is 15.0. The lowest BCUT2D eigenvalue weighted by molar-refractivity contribution is 0.179. The molecule has 118 valence electrons. The molecule has 2 aliphatic rings. The Morgan fingerprint density at radius 1 is 1.24 bits per heavy atom. The lowest BCUT2D eigenvalue weighted by Gasteiger charge is -2.32.